The molecule has 0 amide bonds. The highest BCUT2D eigenvalue weighted by Crippen LogP contribution is 2.24. The molecule has 0 aromatic heterocycles. The number of nitrogens with one attached hydrogen (secondary N) is 1. The van der Waals surface area contributed by atoms with Crippen LogP contribution in [0.15, 0.2) is 18.2 Å². The third kappa shape index (κ3) is 3.18. The number of ether oxygens (including phenoxy) is 2. The fourth-order valence-electron chi connectivity index (χ4n) is 1.27. The summed E-state index contributed by atoms with van der Waals surface area (Å²) in [6, 6.07) is 4.47. The highest BCUT2D eigenvalue weighted by atomic mass is 16.7. The van der Waals surface area contributed by atoms with Gasteiger partial charge in [0.2, 0.25) is 0 Å². The van der Waals surface area contributed by atoms with E-state index in [-0.39, 0.29) is 12.5 Å². The van der Waals surface area contributed by atoms with Crippen LogP contribution in [0.1, 0.15) is 5.56 Å². The summed E-state index contributed by atoms with van der Waals surface area (Å²) in [5.74, 6) is 0.585. The number of nitro benzene ring substituents is 1. The molecule has 0 spiro atoms. The summed E-state index contributed by atoms with van der Waals surface area (Å²) in [5, 5.41) is 13.5. The Labute approximate surface area is 93.3 Å². The van der Waals surface area contributed by atoms with Gasteiger partial charge in [0.05, 0.1) is 4.92 Å². The van der Waals surface area contributed by atoms with E-state index in [0.717, 1.165) is 5.56 Å². The maximum Gasteiger partial charge on any atom is 0.270 e. The normalized spacial score (nSPS) is 10.1. The molecule has 0 aliphatic carbocycles. The number of nitro groups is 1. The number of non-ortho nitro benzene ring substituents is 1. The van der Waals surface area contributed by atoms with Crippen molar-refractivity contribution in [3.63, 3.8) is 0 Å². The molecule has 0 aliphatic heterocycles. The van der Waals surface area contributed by atoms with Gasteiger partial charge >= 0.3 is 0 Å². The zero-order valence-corrected chi connectivity index (χ0v) is 9.23. The van der Waals surface area contributed by atoms with E-state index in [4.69, 9.17) is 9.47 Å². The highest BCUT2D eigenvalue weighted by molar-refractivity contribution is 5.43. The molecule has 0 heterocycles. The lowest BCUT2D eigenvalue weighted by Crippen LogP contribution is -2.09. The first-order valence-corrected chi connectivity index (χ1v) is 4.72. The second-order valence-electron chi connectivity index (χ2n) is 3.13. The Morgan fingerprint density at radius 2 is 2.25 bits per heavy atom. The number of nitrogens with zero attached hydrogens (tertiary/aromatic N) is 1. The zero-order chi connectivity index (χ0) is 12.0. The standard InChI is InChI=1S/C10H14N2O4/c1-11-6-8-5-9(12(13)14)3-4-10(8)16-7-15-2/h3-5,11H,6-7H2,1-2H3. The van der Waals surface area contributed by atoms with Crippen molar-refractivity contribution in [1.82, 2.24) is 5.32 Å². The van der Waals surface area contributed by atoms with Crippen LogP contribution in [-0.2, 0) is 11.3 Å². The largest absolute Gasteiger partial charge is 0.467 e. The van der Waals surface area contributed by atoms with Crippen LogP contribution in [0.4, 0.5) is 5.69 Å². The van der Waals surface area contributed by atoms with Gasteiger partial charge in [0.25, 0.3) is 5.69 Å². The highest BCUT2D eigenvalue weighted by Gasteiger charge is 2.11. The summed E-state index contributed by atoms with van der Waals surface area (Å²) in [4.78, 5) is 10.2. The zero-order valence-electron chi connectivity index (χ0n) is 9.23. The Bertz CT molecular complexity index is 368. The van der Waals surface area contributed by atoms with Crippen molar-refractivity contribution in [2.24, 2.45) is 0 Å². The Kier molecular flexibility index (Phi) is 4.68. The van der Waals surface area contributed by atoms with Gasteiger partial charge in [-0.25, -0.2) is 0 Å². The molecular formula is C10H14N2O4. The van der Waals surface area contributed by atoms with Crippen LogP contribution in [0, 0.1) is 10.1 Å². The van der Waals surface area contributed by atoms with Crippen LogP contribution < -0.4 is 10.1 Å². The molecule has 0 atom stereocenters. The minimum atomic E-state index is -0.431. The van der Waals surface area contributed by atoms with Gasteiger partial charge in [0.15, 0.2) is 6.79 Å². The molecule has 88 valence electrons. The summed E-state index contributed by atoms with van der Waals surface area (Å²) in [6.07, 6.45) is 0. The fraction of sp³-hybridized carbons (Fsp3) is 0.400. The summed E-state index contributed by atoms with van der Waals surface area (Å²) in [5.41, 5.74) is 0.781. The monoisotopic (exact) mass is 226 g/mol. The van der Waals surface area contributed by atoms with Crippen LogP contribution in [0.25, 0.3) is 0 Å². The van der Waals surface area contributed by atoms with Gasteiger partial charge in [0.1, 0.15) is 5.75 Å². The van der Waals surface area contributed by atoms with E-state index in [1.807, 2.05) is 0 Å². The van der Waals surface area contributed by atoms with E-state index in [0.29, 0.717) is 12.3 Å². The number of rotatable bonds is 6. The number of methoxy groups -OCH3 is 1. The summed E-state index contributed by atoms with van der Waals surface area (Å²) < 4.78 is 10.1. The molecule has 0 bridgehead atoms. The van der Waals surface area contributed by atoms with Crippen molar-refractivity contribution in [2.45, 2.75) is 6.54 Å². The molecule has 0 saturated carbocycles. The second kappa shape index (κ2) is 6.04. The molecule has 0 radical (unpaired) electrons. The van der Waals surface area contributed by atoms with Gasteiger partial charge < -0.3 is 14.8 Å². The molecule has 1 N–H and O–H groups in total. The molecule has 0 unspecified atom stereocenters. The van der Waals surface area contributed by atoms with Crippen LogP contribution in [0.5, 0.6) is 5.75 Å². The van der Waals surface area contributed by atoms with Gasteiger partial charge in [-0.05, 0) is 13.1 Å². The van der Waals surface area contributed by atoms with E-state index < -0.39 is 4.92 Å². The predicted molar refractivity (Wildman–Crippen MR) is 58.4 cm³/mol. The van der Waals surface area contributed by atoms with E-state index in [2.05, 4.69) is 5.32 Å². The topological polar surface area (TPSA) is 73.6 Å². The Balaban J connectivity index is 2.94. The van der Waals surface area contributed by atoms with Crippen molar-refractivity contribution < 1.29 is 14.4 Å². The number of hydrogen-bond acceptors (Lipinski definition) is 5. The molecule has 16 heavy (non-hydrogen) atoms. The van der Waals surface area contributed by atoms with Gasteiger partial charge in [-0.1, -0.05) is 0 Å². The quantitative estimate of drug-likeness (QED) is 0.449. The van der Waals surface area contributed by atoms with E-state index in [1.54, 1.807) is 13.1 Å². The second-order valence-corrected chi connectivity index (χ2v) is 3.13. The van der Waals surface area contributed by atoms with Crippen molar-refractivity contribution >= 4 is 5.69 Å². The van der Waals surface area contributed by atoms with Gasteiger partial charge in [-0.3, -0.25) is 10.1 Å². The fourth-order valence-corrected chi connectivity index (χ4v) is 1.27. The minimum absolute atomic E-state index is 0.0509. The predicted octanol–water partition coefficient (Wildman–Crippen LogP) is 1.30. The van der Waals surface area contributed by atoms with Crippen molar-refractivity contribution in [2.75, 3.05) is 21.0 Å². The van der Waals surface area contributed by atoms with Gasteiger partial charge in [-0.15, -0.1) is 0 Å². The van der Waals surface area contributed by atoms with Crippen LogP contribution in [0.2, 0.25) is 0 Å². The lowest BCUT2D eigenvalue weighted by molar-refractivity contribution is -0.384. The van der Waals surface area contributed by atoms with Gasteiger partial charge in [-0.2, -0.15) is 0 Å². The molecule has 1 aromatic carbocycles. The van der Waals surface area contributed by atoms with Crippen molar-refractivity contribution in [1.29, 1.82) is 0 Å². The van der Waals surface area contributed by atoms with E-state index in [9.17, 15) is 10.1 Å². The van der Waals surface area contributed by atoms with Crippen LogP contribution >= 0.6 is 0 Å². The van der Waals surface area contributed by atoms with E-state index >= 15 is 0 Å². The molecule has 6 heteroatoms. The third-order valence-electron chi connectivity index (χ3n) is 1.95. The van der Waals surface area contributed by atoms with Crippen molar-refractivity contribution in [3.8, 4) is 5.75 Å². The molecule has 6 nitrogen and oxygen atoms in total. The first-order valence-electron chi connectivity index (χ1n) is 4.72. The van der Waals surface area contributed by atoms with Gasteiger partial charge in [0, 0.05) is 31.4 Å². The summed E-state index contributed by atoms with van der Waals surface area (Å²) in [7, 11) is 3.28. The molecule has 0 fully saturated rings. The maximum absolute atomic E-state index is 10.6. The van der Waals surface area contributed by atoms with Crippen LogP contribution in [-0.4, -0.2) is 25.9 Å². The average Bonchev–Trinajstić information content (AvgIpc) is 2.27. The van der Waals surface area contributed by atoms with Crippen LogP contribution in [0.3, 0.4) is 0 Å². The average molecular weight is 226 g/mol. The number of benzene rings is 1. The van der Waals surface area contributed by atoms with E-state index in [1.165, 1.54) is 19.2 Å². The minimum Gasteiger partial charge on any atom is -0.467 e. The Morgan fingerprint density at radius 3 is 2.81 bits per heavy atom. The van der Waals surface area contributed by atoms with Crippen molar-refractivity contribution in [3.05, 3.63) is 33.9 Å². The summed E-state index contributed by atoms with van der Waals surface area (Å²) >= 11 is 0. The Morgan fingerprint density at radius 1 is 1.50 bits per heavy atom. The lowest BCUT2D eigenvalue weighted by atomic mass is 10.2. The molecule has 0 aliphatic rings. The number of hydrogen-bond donors (Lipinski definition) is 1. The molecule has 1 aromatic rings. The lowest BCUT2D eigenvalue weighted by Gasteiger charge is -2.10. The molecule has 0 saturated heterocycles. The third-order valence-corrected chi connectivity index (χ3v) is 1.95. The smallest absolute Gasteiger partial charge is 0.270 e. The molecular weight excluding hydrogens is 212 g/mol. The first-order chi connectivity index (χ1) is 7.69. The SMILES string of the molecule is CNCc1cc([N+](=O)[O-])ccc1OCOC. The first kappa shape index (κ1) is 12.4. The maximum atomic E-state index is 10.6. The Hall–Kier alpha value is -1.66. The summed E-state index contributed by atoms with van der Waals surface area (Å²) in [6.45, 7) is 0.620. The molecule has 1 rings (SSSR count).